The normalized spacial score (nSPS) is 17.3. The second kappa shape index (κ2) is 7.02. The molecule has 0 spiro atoms. The predicted molar refractivity (Wildman–Crippen MR) is 79.8 cm³/mol. The summed E-state index contributed by atoms with van der Waals surface area (Å²) >= 11 is 6.12. The minimum atomic E-state index is -0.359. The maximum absolute atomic E-state index is 11.1. The van der Waals surface area contributed by atoms with Crippen molar-refractivity contribution in [3.63, 3.8) is 0 Å². The first-order valence-electron chi connectivity index (χ1n) is 6.96. The number of benzene rings is 1. The summed E-state index contributed by atoms with van der Waals surface area (Å²) in [5.74, 6) is 0.692. The number of hydrogen-bond donors (Lipinski definition) is 1. The van der Waals surface area contributed by atoms with Gasteiger partial charge in [-0.25, -0.2) is 0 Å². The maximum Gasteiger partial charge on any atom is 0.275 e. The van der Waals surface area contributed by atoms with Gasteiger partial charge in [0.05, 0.1) is 15.5 Å². The summed E-state index contributed by atoms with van der Waals surface area (Å²) in [4.78, 5) is 12.9. The molecule has 2 rings (SSSR count). The summed E-state index contributed by atoms with van der Waals surface area (Å²) in [5.41, 5.74) is 6.32. The van der Waals surface area contributed by atoms with E-state index in [1.807, 2.05) is 0 Å². The Morgan fingerprint density at radius 2 is 2.10 bits per heavy atom. The summed E-state index contributed by atoms with van der Waals surface area (Å²) in [6, 6.07) is 4.85. The molecule has 0 amide bonds. The Morgan fingerprint density at radius 1 is 1.40 bits per heavy atom. The number of nitro groups is 1. The minimum Gasteiger partial charge on any atom is -0.330 e. The van der Waals surface area contributed by atoms with Gasteiger partial charge >= 0.3 is 0 Å². The molecule has 1 aliphatic heterocycles. The number of halogens is 1. The highest BCUT2D eigenvalue weighted by Crippen LogP contribution is 2.29. The SMILES string of the molecule is NCCC1CCN(Cc2c(Cl)cccc2[N+](=O)[O-])CC1. The molecule has 0 saturated carbocycles. The van der Waals surface area contributed by atoms with Gasteiger partial charge in [-0.2, -0.15) is 0 Å². The second-order valence-electron chi connectivity index (χ2n) is 5.29. The van der Waals surface area contributed by atoms with Crippen molar-refractivity contribution in [2.45, 2.75) is 25.8 Å². The van der Waals surface area contributed by atoms with Crippen LogP contribution in [0.1, 0.15) is 24.8 Å². The number of nitrogens with zero attached hydrogens (tertiary/aromatic N) is 2. The van der Waals surface area contributed by atoms with Crippen molar-refractivity contribution >= 4 is 17.3 Å². The zero-order valence-corrected chi connectivity index (χ0v) is 12.2. The smallest absolute Gasteiger partial charge is 0.275 e. The standard InChI is InChI=1S/C14H20ClN3O2/c15-13-2-1-3-14(18(19)20)12(13)10-17-8-5-11(4-7-16)6-9-17/h1-3,11H,4-10,16H2. The lowest BCUT2D eigenvalue weighted by molar-refractivity contribution is -0.385. The van der Waals surface area contributed by atoms with Crippen molar-refractivity contribution in [2.24, 2.45) is 11.7 Å². The monoisotopic (exact) mass is 297 g/mol. The molecule has 0 unspecified atom stereocenters. The van der Waals surface area contributed by atoms with Crippen molar-refractivity contribution < 1.29 is 4.92 Å². The van der Waals surface area contributed by atoms with Crippen molar-refractivity contribution in [2.75, 3.05) is 19.6 Å². The molecule has 20 heavy (non-hydrogen) atoms. The predicted octanol–water partition coefficient (Wildman–Crippen LogP) is 2.81. The molecule has 1 heterocycles. The van der Waals surface area contributed by atoms with Crippen LogP contribution >= 0.6 is 11.6 Å². The lowest BCUT2D eigenvalue weighted by atomic mass is 9.93. The Hall–Kier alpha value is -1.17. The largest absolute Gasteiger partial charge is 0.330 e. The molecule has 0 aliphatic carbocycles. The van der Waals surface area contributed by atoms with E-state index in [1.54, 1.807) is 12.1 Å². The molecule has 110 valence electrons. The summed E-state index contributed by atoms with van der Waals surface area (Å²) in [6.07, 6.45) is 3.28. The first-order chi connectivity index (χ1) is 9.61. The summed E-state index contributed by atoms with van der Waals surface area (Å²) < 4.78 is 0. The van der Waals surface area contributed by atoms with Crippen LogP contribution in [0.25, 0.3) is 0 Å². The van der Waals surface area contributed by atoms with E-state index >= 15 is 0 Å². The van der Waals surface area contributed by atoms with Crippen LogP contribution in [0.15, 0.2) is 18.2 Å². The third-order valence-electron chi connectivity index (χ3n) is 3.95. The number of likely N-dealkylation sites (tertiary alicyclic amines) is 1. The fraction of sp³-hybridized carbons (Fsp3) is 0.571. The average Bonchev–Trinajstić information content (AvgIpc) is 2.43. The topological polar surface area (TPSA) is 72.4 Å². The average molecular weight is 298 g/mol. The first-order valence-corrected chi connectivity index (χ1v) is 7.33. The number of piperidine rings is 1. The molecule has 1 aromatic rings. The molecule has 1 aliphatic rings. The Labute approximate surface area is 123 Å². The third-order valence-corrected chi connectivity index (χ3v) is 4.31. The van der Waals surface area contributed by atoms with Crippen molar-refractivity contribution in [3.8, 4) is 0 Å². The highest BCUT2D eigenvalue weighted by atomic mass is 35.5. The van der Waals surface area contributed by atoms with E-state index in [0.29, 0.717) is 23.0 Å². The molecular weight excluding hydrogens is 278 g/mol. The zero-order valence-electron chi connectivity index (χ0n) is 11.4. The van der Waals surface area contributed by atoms with Crippen molar-refractivity contribution in [1.82, 2.24) is 4.90 Å². The molecular formula is C14H20ClN3O2. The van der Waals surface area contributed by atoms with Gasteiger partial charge in [0.25, 0.3) is 5.69 Å². The van der Waals surface area contributed by atoms with Crippen LogP contribution in [0.2, 0.25) is 5.02 Å². The van der Waals surface area contributed by atoms with Gasteiger partial charge in [0.15, 0.2) is 0 Å². The van der Waals surface area contributed by atoms with Gasteiger partial charge in [-0.3, -0.25) is 15.0 Å². The molecule has 1 saturated heterocycles. The summed E-state index contributed by atoms with van der Waals surface area (Å²) in [5, 5.41) is 11.5. The molecule has 0 aromatic heterocycles. The Bertz CT molecular complexity index is 473. The number of rotatable bonds is 5. The Morgan fingerprint density at radius 3 is 2.70 bits per heavy atom. The van der Waals surface area contributed by atoms with Gasteiger partial charge in [-0.15, -0.1) is 0 Å². The number of nitrogens with two attached hydrogens (primary N) is 1. The van der Waals surface area contributed by atoms with Gasteiger partial charge in [-0.05, 0) is 50.9 Å². The number of nitro benzene ring substituents is 1. The second-order valence-corrected chi connectivity index (χ2v) is 5.70. The van der Waals surface area contributed by atoms with Crippen LogP contribution in [0, 0.1) is 16.0 Å². The quantitative estimate of drug-likeness (QED) is 0.670. The zero-order chi connectivity index (χ0) is 14.5. The fourth-order valence-electron chi connectivity index (χ4n) is 2.77. The van der Waals surface area contributed by atoms with Gasteiger partial charge in [-0.1, -0.05) is 17.7 Å². The van der Waals surface area contributed by atoms with Crippen LogP contribution in [-0.4, -0.2) is 29.5 Å². The lowest BCUT2D eigenvalue weighted by Crippen LogP contribution is -2.34. The summed E-state index contributed by atoms with van der Waals surface area (Å²) in [7, 11) is 0. The first kappa shape index (κ1) is 15.2. The molecule has 1 fully saturated rings. The minimum absolute atomic E-state index is 0.113. The number of hydrogen-bond acceptors (Lipinski definition) is 4. The molecule has 0 radical (unpaired) electrons. The highest BCUT2D eigenvalue weighted by Gasteiger charge is 2.23. The highest BCUT2D eigenvalue weighted by molar-refractivity contribution is 6.31. The van der Waals surface area contributed by atoms with E-state index < -0.39 is 0 Å². The molecule has 2 N–H and O–H groups in total. The molecule has 6 heteroatoms. The summed E-state index contributed by atoms with van der Waals surface area (Å²) in [6.45, 7) is 3.19. The molecule has 5 nitrogen and oxygen atoms in total. The van der Waals surface area contributed by atoms with Crippen LogP contribution in [0.4, 0.5) is 5.69 Å². The van der Waals surface area contributed by atoms with Gasteiger partial charge < -0.3 is 5.73 Å². The van der Waals surface area contributed by atoms with Crippen LogP contribution < -0.4 is 5.73 Å². The molecule has 1 aromatic carbocycles. The fourth-order valence-corrected chi connectivity index (χ4v) is 3.00. The van der Waals surface area contributed by atoms with E-state index in [1.165, 1.54) is 6.07 Å². The Balaban J connectivity index is 2.03. The van der Waals surface area contributed by atoms with Crippen LogP contribution in [-0.2, 0) is 6.54 Å². The van der Waals surface area contributed by atoms with Crippen molar-refractivity contribution in [1.29, 1.82) is 0 Å². The Kier molecular flexibility index (Phi) is 5.34. The molecule has 0 atom stereocenters. The van der Waals surface area contributed by atoms with Crippen molar-refractivity contribution in [3.05, 3.63) is 38.9 Å². The van der Waals surface area contributed by atoms with Crippen LogP contribution in [0.3, 0.4) is 0 Å². The van der Waals surface area contributed by atoms with E-state index in [-0.39, 0.29) is 10.6 Å². The van der Waals surface area contributed by atoms with E-state index in [0.717, 1.165) is 38.9 Å². The maximum atomic E-state index is 11.1. The van der Waals surface area contributed by atoms with Crippen LogP contribution in [0.5, 0.6) is 0 Å². The van der Waals surface area contributed by atoms with Gasteiger partial charge in [0, 0.05) is 12.6 Å². The van der Waals surface area contributed by atoms with E-state index in [4.69, 9.17) is 17.3 Å². The van der Waals surface area contributed by atoms with Gasteiger partial charge in [0.2, 0.25) is 0 Å². The van der Waals surface area contributed by atoms with E-state index in [2.05, 4.69) is 4.90 Å². The lowest BCUT2D eigenvalue weighted by Gasteiger charge is -2.31. The van der Waals surface area contributed by atoms with Gasteiger partial charge in [0.1, 0.15) is 0 Å². The molecule has 0 bridgehead atoms. The van der Waals surface area contributed by atoms with E-state index in [9.17, 15) is 10.1 Å². The third kappa shape index (κ3) is 3.69.